The van der Waals surface area contributed by atoms with E-state index in [4.69, 9.17) is 0 Å². The SMILES string of the molecule is CN(C)CC(=O)N1CCN(S(=O)(=O)c2ccc3c(c2)CCCC3)CC1. The Hall–Kier alpha value is -1.44. The summed E-state index contributed by atoms with van der Waals surface area (Å²) in [7, 11) is 0.229. The number of hydrogen-bond donors (Lipinski definition) is 0. The molecule has 0 radical (unpaired) electrons. The van der Waals surface area contributed by atoms with Gasteiger partial charge in [-0.3, -0.25) is 4.79 Å². The highest BCUT2D eigenvalue weighted by molar-refractivity contribution is 7.89. The van der Waals surface area contributed by atoms with E-state index in [0.29, 0.717) is 37.6 Å². The van der Waals surface area contributed by atoms with Crippen molar-refractivity contribution in [3.8, 4) is 0 Å². The Bertz CT molecular complexity index is 738. The number of carbonyl (C=O) groups is 1. The topological polar surface area (TPSA) is 60.9 Å². The Morgan fingerprint density at radius 1 is 1.04 bits per heavy atom. The van der Waals surface area contributed by atoms with E-state index in [9.17, 15) is 13.2 Å². The number of nitrogens with zero attached hydrogens (tertiary/aromatic N) is 3. The molecule has 6 nitrogen and oxygen atoms in total. The van der Waals surface area contributed by atoms with Crippen molar-refractivity contribution in [3.05, 3.63) is 29.3 Å². The first-order chi connectivity index (χ1) is 11.9. The molecule has 0 saturated carbocycles. The van der Waals surface area contributed by atoms with Crippen molar-refractivity contribution in [1.29, 1.82) is 0 Å². The maximum absolute atomic E-state index is 12.9. The lowest BCUT2D eigenvalue weighted by Gasteiger charge is -2.34. The van der Waals surface area contributed by atoms with Gasteiger partial charge in [0.25, 0.3) is 0 Å². The van der Waals surface area contributed by atoms with Crippen LogP contribution in [0.1, 0.15) is 24.0 Å². The zero-order valence-electron chi connectivity index (χ0n) is 15.1. The van der Waals surface area contributed by atoms with Crippen LogP contribution in [0, 0.1) is 0 Å². The number of fused-ring (bicyclic) bond motifs is 1. The van der Waals surface area contributed by atoms with Crippen molar-refractivity contribution in [3.63, 3.8) is 0 Å². The molecule has 0 bridgehead atoms. The van der Waals surface area contributed by atoms with Crippen LogP contribution in [-0.2, 0) is 27.7 Å². The first kappa shape index (κ1) is 18.4. The Morgan fingerprint density at radius 3 is 2.32 bits per heavy atom. The monoisotopic (exact) mass is 365 g/mol. The summed E-state index contributed by atoms with van der Waals surface area (Å²) in [6.45, 7) is 1.99. The highest BCUT2D eigenvalue weighted by atomic mass is 32.2. The highest BCUT2D eigenvalue weighted by Gasteiger charge is 2.30. The number of rotatable bonds is 4. The lowest BCUT2D eigenvalue weighted by atomic mass is 9.92. The van der Waals surface area contributed by atoms with Gasteiger partial charge in [-0.05, 0) is 63.0 Å². The second kappa shape index (κ2) is 7.43. The second-order valence-electron chi connectivity index (χ2n) is 7.16. The van der Waals surface area contributed by atoms with Crippen LogP contribution in [-0.4, -0.2) is 75.2 Å². The van der Waals surface area contributed by atoms with Gasteiger partial charge in [-0.25, -0.2) is 8.42 Å². The van der Waals surface area contributed by atoms with Crippen LogP contribution < -0.4 is 0 Å². The number of hydrogen-bond acceptors (Lipinski definition) is 4. The number of aryl methyl sites for hydroxylation is 2. The first-order valence-electron chi connectivity index (χ1n) is 8.92. The van der Waals surface area contributed by atoms with Crippen LogP contribution in [0.25, 0.3) is 0 Å². The summed E-state index contributed by atoms with van der Waals surface area (Å²) in [5, 5.41) is 0. The minimum atomic E-state index is -3.48. The normalized spacial score (nSPS) is 19.1. The van der Waals surface area contributed by atoms with E-state index in [2.05, 4.69) is 0 Å². The van der Waals surface area contributed by atoms with Crippen molar-refractivity contribution in [2.24, 2.45) is 0 Å². The molecule has 0 aromatic heterocycles. The molecule has 0 atom stereocenters. The van der Waals surface area contributed by atoms with Gasteiger partial charge in [-0.2, -0.15) is 4.31 Å². The summed E-state index contributed by atoms with van der Waals surface area (Å²) in [5.41, 5.74) is 2.46. The Balaban J connectivity index is 1.69. The predicted molar refractivity (Wildman–Crippen MR) is 97.0 cm³/mol. The molecule has 2 aliphatic rings. The van der Waals surface area contributed by atoms with Crippen molar-refractivity contribution in [1.82, 2.24) is 14.1 Å². The maximum Gasteiger partial charge on any atom is 0.243 e. The van der Waals surface area contributed by atoms with Crippen LogP contribution in [0.15, 0.2) is 23.1 Å². The molecule has 0 spiro atoms. The molecule has 7 heteroatoms. The largest absolute Gasteiger partial charge is 0.339 e. The molecule has 1 heterocycles. The summed E-state index contributed by atoms with van der Waals surface area (Å²) >= 11 is 0. The number of amides is 1. The maximum atomic E-state index is 12.9. The number of likely N-dealkylation sites (N-methyl/N-ethyl adjacent to an activating group) is 1. The number of carbonyl (C=O) groups excluding carboxylic acids is 1. The third-order valence-corrected chi connectivity index (χ3v) is 6.90. The zero-order valence-corrected chi connectivity index (χ0v) is 15.9. The van der Waals surface area contributed by atoms with Crippen LogP contribution in [0.4, 0.5) is 0 Å². The molecule has 1 saturated heterocycles. The molecule has 25 heavy (non-hydrogen) atoms. The second-order valence-corrected chi connectivity index (χ2v) is 9.10. The molecule has 1 fully saturated rings. The van der Waals surface area contributed by atoms with Crippen LogP contribution in [0.3, 0.4) is 0 Å². The number of sulfonamides is 1. The van der Waals surface area contributed by atoms with Gasteiger partial charge in [-0.1, -0.05) is 6.07 Å². The number of benzene rings is 1. The van der Waals surface area contributed by atoms with Gasteiger partial charge in [0.2, 0.25) is 15.9 Å². The average Bonchev–Trinajstić information content (AvgIpc) is 2.61. The molecule has 0 unspecified atom stereocenters. The zero-order chi connectivity index (χ0) is 18.0. The molecular weight excluding hydrogens is 338 g/mol. The van der Waals surface area contributed by atoms with E-state index >= 15 is 0 Å². The molecule has 1 aromatic rings. The van der Waals surface area contributed by atoms with E-state index < -0.39 is 10.0 Å². The fourth-order valence-electron chi connectivity index (χ4n) is 3.57. The van der Waals surface area contributed by atoms with Crippen LogP contribution in [0.5, 0.6) is 0 Å². The van der Waals surface area contributed by atoms with Crippen molar-refractivity contribution < 1.29 is 13.2 Å². The van der Waals surface area contributed by atoms with Gasteiger partial charge < -0.3 is 9.80 Å². The quantitative estimate of drug-likeness (QED) is 0.797. The van der Waals surface area contributed by atoms with Gasteiger partial charge in [0.1, 0.15) is 0 Å². The predicted octanol–water partition coefficient (Wildman–Crippen LogP) is 0.960. The smallest absolute Gasteiger partial charge is 0.243 e. The fourth-order valence-corrected chi connectivity index (χ4v) is 5.04. The van der Waals surface area contributed by atoms with Gasteiger partial charge in [0.15, 0.2) is 0 Å². The van der Waals surface area contributed by atoms with Gasteiger partial charge in [-0.15, -0.1) is 0 Å². The van der Waals surface area contributed by atoms with Crippen molar-refractivity contribution in [2.75, 3.05) is 46.8 Å². The first-order valence-corrected chi connectivity index (χ1v) is 10.4. The minimum absolute atomic E-state index is 0.0517. The van der Waals surface area contributed by atoms with Crippen LogP contribution in [0.2, 0.25) is 0 Å². The van der Waals surface area contributed by atoms with E-state index in [0.717, 1.165) is 19.3 Å². The summed E-state index contributed by atoms with van der Waals surface area (Å²) in [6, 6.07) is 5.56. The van der Waals surface area contributed by atoms with E-state index in [1.165, 1.54) is 21.9 Å². The van der Waals surface area contributed by atoms with E-state index in [1.807, 2.05) is 31.1 Å². The average molecular weight is 365 g/mol. The third kappa shape index (κ3) is 4.04. The molecule has 138 valence electrons. The molecule has 3 rings (SSSR count). The Morgan fingerprint density at radius 2 is 1.68 bits per heavy atom. The fraction of sp³-hybridized carbons (Fsp3) is 0.611. The number of piperazine rings is 1. The van der Waals surface area contributed by atoms with Gasteiger partial charge >= 0.3 is 0 Å². The lowest BCUT2D eigenvalue weighted by molar-refractivity contribution is -0.133. The standard InChI is InChI=1S/C18H27N3O3S/c1-19(2)14-18(22)20-9-11-21(12-10-20)25(23,24)17-8-7-15-5-3-4-6-16(15)13-17/h7-8,13H,3-6,9-12,14H2,1-2H3. The molecule has 1 aliphatic heterocycles. The molecule has 1 aliphatic carbocycles. The minimum Gasteiger partial charge on any atom is -0.339 e. The van der Waals surface area contributed by atoms with E-state index in [1.54, 1.807) is 11.0 Å². The van der Waals surface area contributed by atoms with Gasteiger partial charge in [0.05, 0.1) is 11.4 Å². The highest BCUT2D eigenvalue weighted by Crippen LogP contribution is 2.26. The third-order valence-electron chi connectivity index (χ3n) is 5.00. The lowest BCUT2D eigenvalue weighted by Crippen LogP contribution is -2.52. The molecular formula is C18H27N3O3S. The Kier molecular flexibility index (Phi) is 5.46. The summed E-state index contributed by atoms with van der Waals surface area (Å²) in [5.74, 6) is 0.0517. The molecule has 1 amide bonds. The summed E-state index contributed by atoms with van der Waals surface area (Å²) in [6.07, 6.45) is 4.32. The van der Waals surface area contributed by atoms with E-state index in [-0.39, 0.29) is 5.91 Å². The molecule has 0 N–H and O–H groups in total. The van der Waals surface area contributed by atoms with Gasteiger partial charge in [0, 0.05) is 26.2 Å². The summed E-state index contributed by atoms with van der Waals surface area (Å²) < 4.78 is 27.4. The van der Waals surface area contributed by atoms with Crippen molar-refractivity contribution >= 4 is 15.9 Å². The molecule has 1 aromatic carbocycles. The summed E-state index contributed by atoms with van der Waals surface area (Å²) in [4.78, 5) is 16.1. The van der Waals surface area contributed by atoms with Crippen LogP contribution >= 0.6 is 0 Å². The van der Waals surface area contributed by atoms with Crippen molar-refractivity contribution in [2.45, 2.75) is 30.6 Å². The Labute approximate surface area is 150 Å².